The number of H-pyrrole nitrogens is 1. The van der Waals surface area contributed by atoms with Crippen molar-refractivity contribution in [2.75, 3.05) is 5.32 Å². The Hall–Kier alpha value is -1.62. The Morgan fingerprint density at radius 3 is 2.94 bits per heavy atom. The van der Waals surface area contributed by atoms with Crippen molar-refractivity contribution in [3.8, 4) is 0 Å². The number of hydrogen-bond acceptors (Lipinski definition) is 2. The van der Waals surface area contributed by atoms with Gasteiger partial charge in [-0.25, -0.2) is 0 Å². The van der Waals surface area contributed by atoms with Crippen molar-refractivity contribution in [3.05, 3.63) is 45.6 Å². The Kier molecular flexibility index (Phi) is 2.70. The SMILES string of the molecule is Cc1[nH]nc2c1[C@@H](c1ccccc1Br)CC(=O)N2. The summed E-state index contributed by atoms with van der Waals surface area (Å²) < 4.78 is 1.02. The second kappa shape index (κ2) is 4.24. The normalized spacial score (nSPS) is 18.3. The van der Waals surface area contributed by atoms with E-state index in [1.165, 1.54) is 0 Å². The van der Waals surface area contributed by atoms with Gasteiger partial charge in [-0.15, -0.1) is 0 Å². The lowest BCUT2D eigenvalue weighted by atomic mass is 9.86. The molecular formula is C13H12BrN3O. The molecule has 0 saturated carbocycles. The predicted octanol–water partition coefficient (Wildman–Crippen LogP) is 2.95. The number of amides is 1. The molecule has 0 saturated heterocycles. The standard InChI is InChI=1S/C13H12BrN3O/c1-7-12-9(8-4-2-3-5-10(8)14)6-11(18)15-13(12)17-16-7/h2-5,9H,6H2,1H3,(H2,15,16,17,18)/t9-/m1/s1. The topological polar surface area (TPSA) is 57.8 Å². The van der Waals surface area contributed by atoms with Gasteiger partial charge in [-0.05, 0) is 18.6 Å². The first kappa shape index (κ1) is 11.5. The van der Waals surface area contributed by atoms with Crippen LogP contribution in [0.1, 0.15) is 29.2 Å². The highest BCUT2D eigenvalue weighted by molar-refractivity contribution is 9.10. The van der Waals surface area contributed by atoms with Crippen LogP contribution in [0.5, 0.6) is 0 Å². The number of carbonyl (C=O) groups is 1. The molecule has 2 N–H and O–H groups in total. The summed E-state index contributed by atoms with van der Waals surface area (Å²) in [4.78, 5) is 11.7. The molecule has 1 amide bonds. The number of nitrogens with one attached hydrogen (secondary N) is 2. The highest BCUT2D eigenvalue weighted by Crippen LogP contribution is 2.40. The van der Waals surface area contributed by atoms with E-state index in [0.29, 0.717) is 12.2 Å². The zero-order valence-corrected chi connectivity index (χ0v) is 11.4. The summed E-state index contributed by atoms with van der Waals surface area (Å²) in [7, 11) is 0. The third-order valence-corrected chi connectivity index (χ3v) is 3.99. The van der Waals surface area contributed by atoms with Crippen molar-refractivity contribution in [2.45, 2.75) is 19.3 Å². The van der Waals surface area contributed by atoms with E-state index >= 15 is 0 Å². The molecule has 1 aromatic heterocycles. The number of halogens is 1. The number of carbonyl (C=O) groups excluding carboxylic acids is 1. The van der Waals surface area contributed by atoms with Crippen LogP contribution in [0.3, 0.4) is 0 Å². The van der Waals surface area contributed by atoms with Crippen LogP contribution in [0.25, 0.3) is 0 Å². The number of aromatic nitrogens is 2. The average molecular weight is 306 g/mol. The molecule has 0 radical (unpaired) electrons. The summed E-state index contributed by atoms with van der Waals surface area (Å²) in [5, 5.41) is 9.88. The minimum Gasteiger partial charge on any atom is -0.309 e. The first-order valence-electron chi connectivity index (χ1n) is 5.76. The van der Waals surface area contributed by atoms with E-state index in [1.54, 1.807) is 0 Å². The van der Waals surface area contributed by atoms with Crippen LogP contribution in [0.2, 0.25) is 0 Å². The summed E-state index contributed by atoms with van der Waals surface area (Å²) in [5.74, 6) is 0.724. The summed E-state index contributed by atoms with van der Waals surface area (Å²) >= 11 is 3.55. The Morgan fingerprint density at radius 2 is 2.17 bits per heavy atom. The van der Waals surface area contributed by atoms with Gasteiger partial charge in [0.2, 0.25) is 5.91 Å². The molecule has 0 fully saturated rings. The fraction of sp³-hybridized carbons (Fsp3) is 0.231. The monoisotopic (exact) mass is 305 g/mol. The molecule has 1 aromatic carbocycles. The van der Waals surface area contributed by atoms with Gasteiger partial charge in [-0.3, -0.25) is 9.89 Å². The van der Waals surface area contributed by atoms with E-state index in [4.69, 9.17) is 0 Å². The lowest BCUT2D eigenvalue weighted by Crippen LogP contribution is -2.23. The van der Waals surface area contributed by atoms with E-state index in [9.17, 15) is 4.79 Å². The molecule has 4 nitrogen and oxygen atoms in total. The quantitative estimate of drug-likeness (QED) is 0.851. The van der Waals surface area contributed by atoms with Gasteiger partial charge in [0.05, 0.1) is 0 Å². The maximum atomic E-state index is 11.7. The van der Waals surface area contributed by atoms with E-state index in [1.807, 2.05) is 31.2 Å². The van der Waals surface area contributed by atoms with Gasteiger partial charge in [0.1, 0.15) is 0 Å². The van der Waals surface area contributed by atoms with Gasteiger partial charge in [0.15, 0.2) is 5.82 Å². The van der Waals surface area contributed by atoms with E-state index < -0.39 is 0 Å². The molecule has 1 aliphatic rings. The van der Waals surface area contributed by atoms with Gasteiger partial charge >= 0.3 is 0 Å². The lowest BCUT2D eigenvalue weighted by Gasteiger charge is -2.23. The van der Waals surface area contributed by atoms with Crippen LogP contribution in [0.4, 0.5) is 5.82 Å². The molecule has 0 unspecified atom stereocenters. The molecule has 2 heterocycles. The fourth-order valence-electron chi connectivity index (χ4n) is 2.45. The van der Waals surface area contributed by atoms with Crippen LogP contribution in [-0.4, -0.2) is 16.1 Å². The van der Waals surface area contributed by atoms with Crippen LogP contribution in [-0.2, 0) is 4.79 Å². The van der Waals surface area contributed by atoms with E-state index in [-0.39, 0.29) is 11.8 Å². The van der Waals surface area contributed by atoms with Crippen molar-refractivity contribution >= 4 is 27.7 Å². The minimum atomic E-state index is 0.00903. The predicted molar refractivity (Wildman–Crippen MR) is 72.6 cm³/mol. The number of rotatable bonds is 1. The lowest BCUT2D eigenvalue weighted by molar-refractivity contribution is -0.116. The number of fused-ring (bicyclic) bond motifs is 1. The molecule has 0 bridgehead atoms. The Labute approximate surface area is 113 Å². The van der Waals surface area contributed by atoms with Gasteiger partial charge in [0, 0.05) is 28.1 Å². The van der Waals surface area contributed by atoms with Crippen LogP contribution < -0.4 is 5.32 Å². The largest absolute Gasteiger partial charge is 0.309 e. The number of hydrogen-bond donors (Lipinski definition) is 2. The second-order valence-corrected chi connectivity index (χ2v) is 5.29. The molecule has 2 aromatic rings. The third-order valence-electron chi connectivity index (χ3n) is 3.27. The molecule has 0 spiro atoms. The van der Waals surface area contributed by atoms with Crippen molar-refractivity contribution in [2.24, 2.45) is 0 Å². The highest BCUT2D eigenvalue weighted by atomic mass is 79.9. The van der Waals surface area contributed by atoms with Gasteiger partial charge in [-0.2, -0.15) is 5.10 Å². The van der Waals surface area contributed by atoms with E-state index in [2.05, 4.69) is 31.4 Å². The molecule has 18 heavy (non-hydrogen) atoms. The summed E-state index contributed by atoms with van der Waals surface area (Å²) in [6.45, 7) is 1.98. The van der Waals surface area contributed by atoms with Crippen LogP contribution >= 0.6 is 15.9 Å². The number of anilines is 1. The summed E-state index contributed by atoms with van der Waals surface area (Å²) in [5.41, 5.74) is 3.21. The minimum absolute atomic E-state index is 0.00903. The first-order chi connectivity index (χ1) is 8.66. The zero-order valence-electron chi connectivity index (χ0n) is 9.83. The molecule has 92 valence electrons. The van der Waals surface area contributed by atoms with Crippen molar-refractivity contribution < 1.29 is 4.79 Å². The fourth-order valence-corrected chi connectivity index (χ4v) is 3.01. The van der Waals surface area contributed by atoms with E-state index in [0.717, 1.165) is 21.3 Å². The Morgan fingerprint density at radius 1 is 1.39 bits per heavy atom. The summed E-state index contributed by atoms with van der Waals surface area (Å²) in [6, 6.07) is 8.00. The van der Waals surface area contributed by atoms with Crippen molar-refractivity contribution in [1.82, 2.24) is 10.2 Å². The average Bonchev–Trinajstić information content (AvgIpc) is 2.71. The molecule has 5 heteroatoms. The molecule has 0 aliphatic carbocycles. The number of aromatic amines is 1. The van der Waals surface area contributed by atoms with Crippen LogP contribution in [0, 0.1) is 6.92 Å². The van der Waals surface area contributed by atoms with Gasteiger partial charge < -0.3 is 5.32 Å². The maximum Gasteiger partial charge on any atom is 0.226 e. The summed E-state index contributed by atoms with van der Waals surface area (Å²) in [6.07, 6.45) is 0.454. The molecule has 3 rings (SSSR count). The van der Waals surface area contributed by atoms with Gasteiger partial charge in [0.25, 0.3) is 0 Å². The third kappa shape index (κ3) is 1.75. The Bertz CT molecular complexity index is 620. The second-order valence-electron chi connectivity index (χ2n) is 4.44. The smallest absolute Gasteiger partial charge is 0.226 e. The molecular weight excluding hydrogens is 294 g/mol. The van der Waals surface area contributed by atoms with Crippen LogP contribution in [0.15, 0.2) is 28.7 Å². The zero-order chi connectivity index (χ0) is 12.7. The number of nitrogens with zero attached hydrogens (tertiary/aromatic N) is 1. The number of aryl methyl sites for hydroxylation is 1. The van der Waals surface area contributed by atoms with Gasteiger partial charge in [-0.1, -0.05) is 34.1 Å². The first-order valence-corrected chi connectivity index (χ1v) is 6.55. The van der Waals surface area contributed by atoms with Crippen molar-refractivity contribution in [1.29, 1.82) is 0 Å². The Balaban J connectivity index is 2.16. The molecule has 1 aliphatic heterocycles. The maximum absolute atomic E-state index is 11.7. The molecule has 1 atom stereocenters. The highest BCUT2D eigenvalue weighted by Gasteiger charge is 2.31. The number of benzene rings is 1. The van der Waals surface area contributed by atoms with Crippen molar-refractivity contribution in [3.63, 3.8) is 0 Å².